The number of methoxy groups -OCH3 is 1. The summed E-state index contributed by atoms with van der Waals surface area (Å²) in [6.07, 6.45) is 1.47. The highest BCUT2D eigenvalue weighted by Gasteiger charge is 2.16. The third-order valence-corrected chi connectivity index (χ3v) is 3.65. The van der Waals surface area contributed by atoms with E-state index in [9.17, 15) is 9.59 Å². The molecule has 0 amide bonds. The minimum Gasteiger partial charge on any atom is -0.495 e. The Morgan fingerprint density at radius 3 is 2.30 bits per heavy atom. The first-order chi connectivity index (χ1) is 11.1. The molecule has 0 aliphatic heterocycles. The summed E-state index contributed by atoms with van der Waals surface area (Å²) in [6.45, 7) is 0. The van der Waals surface area contributed by atoms with E-state index in [1.807, 2.05) is 42.5 Å². The molecule has 2 aromatic rings. The van der Waals surface area contributed by atoms with Crippen LogP contribution in [0.15, 0.2) is 48.5 Å². The summed E-state index contributed by atoms with van der Waals surface area (Å²) in [5.41, 5.74) is 2.42. The van der Waals surface area contributed by atoms with Crippen LogP contribution in [-0.4, -0.2) is 24.0 Å². The van der Waals surface area contributed by atoms with E-state index in [0.29, 0.717) is 30.6 Å². The van der Waals surface area contributed by atoms with Gasteiger partial charge in [-0.05, 0) is 24.5 Å². The van der Waals surface area contributed by atoms with Gasteiger partial charge in [0.2, 0.25) is 0 Å². The summed E-state index contributed by atoms with van der Waals surface area (Å²) >= 11 is 0. The fourth-order valence-corrected chi connectivity index (χ4v) is 2.52. The molecule has 4 nitrogen and oxygen atoms in total. The molecule has 1 N–H and O–H groups in total. The van der Waals surface area contributed by atoms with Crippen molar-refractivity contribution >= 4 is 11.8 Å². The first-order valence-electron chi connectivity index (χ1n) is 7.61. The fraction of sp³-hybridized carbons (Fsp3) is 0.263. The Hall–Kier alpha value is -2.62. The van der Waals surface area contributed by atoms with Gasteiger partial charge in [0.15, 0.2) is 5.78 Å². The molecule has 0 aromatic heterocycles. The Morgan fingerprint density at radius 1 is 0.957 bits per heavy atom. The standard InChI is InChI=1S/C19H20O4/c1-23-19-15(14-8-3-2-4-9-14)10-7-11-16(19)17(20)12-5-6-13-18(21)22/h2-4,7-11H,5-6,12-13H2,1H3,(H,21,22). The number of hydrogen-bond acceptors (Lipinski definition) is 3. The highest BCUT2D eigenvalue weighted by atomic mass is 16.5. The number of carboxylic acid groups (broad SMARTS) is 1. The van der Waals surface area contributed by atoms with Crippen LogP contribution in [0.2, 0.25) is 0 Å². The Kier molecular flexibility index (Phi) is 5.92. The van der Waals surface area contributed by atoms with Crippen molar-refractivity contribution in [1.82, 2.24) is 0 Å². The van der Waals surface area contributed by atoms with E-state index in [4.69, 9.17) is 9.84 Å². The van der Waals surface area contributed by atoms with Crippen molar-refractivity contribution in [3.63, 3.8) is 0 Å². The molecular formula is C19H20O4. The molecule has 0 atom stereocenters. The second kappa shape index (κ2) is 8.13. The number of hydrogen-bond donors (Lipinski definition) is 1. The van der Waals surface area contributed by atoms with Gasteiger partial charge in [0, 0.05) is 18.4 Å². The van der Waals surface area contributed by atoms with Crippen molar-refractivity contribution in [3.8, 4) is 16.9 Å². The Labute approximate surface area is 135 Å². The number of Topliss-reactive ketones (excluding diaryl/α,β-unsaturated/α-hetero) is 1. The smallest absolute Gasteiger partial charge is 0.303 e. The third kappa shape index (κ3) is 4.42. The SMILES string of the molecule is COc1c(C(=O)CCCCC(=O)O)cccc1-c1ccccc1. The predicted molar refractivity (Wildman–Crippen MR) is 88.9 cm³/mol. The highest BCUT2D eigenvalue weighted by Crippen LogP contribution is 2.33. The van der Waals surface area contributed by atoms with Crippen LogP contribution in [-0.2, 0) is 4.79 Å². The van der Waals surface area contributed by atoms with E-state index in [2.05, 4.69) is 0 Å². The molecule has 0 radical (unpaired) electrons. The number of unbranched alkanes of at least 4 members (excludes halogenated alkanes) is 1. The van der Waals surface area contributed by atoms with Crippen molar-refractivity contribution < 1.29 is 19.4 Å². The van der Waals surface area contributed by atoms with Gasteiger partial charge in [-0.15, -0.1) is 0 Å². The maximum atomic E-state index is 12.4. The van der Waals surface area contributed by atoms with Crippen LogP contribution in [0.4, 0.5) is 0 Å². The molecule has 0 unspecified atom stereocenters. The molecule has 0 heterocycles. The molecule has 23 heavy (non-hydrogen) atoms. The topological polar surface area (TPSA) is 63.6 Å². The quantitative estimate of drug-likeness (QED) is 0.586. The van der Waals surface area contributed by atoms with Crippen LogP contribution in [0, 0.1) is 0 Å². The number of aliphatic carboxylic acids is 1. The molecule has 2 rings (SSSR count). The number of rotatable bonds is 8. The summed E-state index contributed by atoms with van der Waals surface area (Å²) in [7, 11) is 1.56. The molecule has 0 spiro atoms. The zero-order valence-electron chi connectivity index (χ0n) is 13.1. The number of carbonyl (C=O) groups excluding carboxylic acids is 1. The predicted octanol–water partition coefficient (Wildman–Crippen LogP) is 4.19. The molecule has 0 fully saturated rings. The number of ketones is 1. The van der Waals surface area contributed by atoms with E-state index < -0.39 is 5.97 Å². The van der Waals surface area contributed by atoms with Crippen molar-refractivity contribution in [2.75, 3.05) is 7.11 Å². The molecule has 0 aliphatic carbocycles. The molecule has 0 saturated carbocycles. The highest BCUT2D eigenvalue weighted by molar-refractivity contribution is 6.00. The van der Waals surface area contributed by atoms with Gasteiger partial charge in [0.05, 0.1) is 12.7 Å². The first-order valence-corrected chi connectivity index (χ1v) is 7.61. The van der Waals surface area contributed by atoms with E-state index in [1.54, 1.807) is 13.2 Å². The monoisotopic (exact) mass is 312 g/mol. The number of benzene rings is 2. The normalized spacial score (nSPS) is 10.3. The molecule has 120 valence electrons. The summed E-state index contributed by atoms with van der Waals surface area (Å²) in [5, 5.41) is 8.64. The van der Waals surface area contributed by atoms with Gasteiger partial charge in [0.25, 0.3) is 0 Å². The van der Waals surface area contributed by atoms with Crippen LogP contribution in [0.25, 0.3) is 11.1 Å². The van der Waals surface area contributed by atoms with E-state index in [-0.39, 0.29) is 12.2 Å². The fourth-order valence-electron chi connectivity index (χ4n) is 2.52. The Balaban J connectivity index is 2.19. The van der Waals surface area contributed by atoms with Crippen LogP contribution >= 0.6 is 0 Å². The Morgan fingerprint density at radius 2 is 1.65 bits per heavy atom. The van der Waals surface area contributed by atoms with Crippen LogP contribution in [0.1, 0.15) is 36.0 Å². The van der Waals surface area contributed by atoms with E-state index in [1.165, 1.54) is 0 Å². The summed E-state index contributed by atoms with van der Waals surface area (Å²) in [6, 6.07) is 15.3. The van der Waals surface area contributed by atoms with Crippen molar-refractivity contribution in [3.05, 3.63) is 54.1 Å². The molecular weight excluding hydrogens is 292 g/mol. The van der Waals surface area contributed by atoms with Crippen molar-refractivity contribution in [2.45, 2.75) is 25.7 Å². The number of carboxylic acids is 1. The van der Waals surface area contributed by atoms with Crippen LogP contribution in [0.3, 0.4) is 0 Å². The van der Waals surface area contributed by atoms with E-state index >= 15 is 0 Å². The van der Waals surface area contributed by atoms with Gasteiger partial charge in [-0.25, -0.2) is 0 Å². The first kappa shape index (κ1) is 16.7. The van der Waals surface area contributed by atoms with Gasteiger partial charge in [-0.1, -0.05) is 42.5 Å². The largest absolute Gasteiger partial charge is 0.495 e. The average molecular weight is 312 g/mol. The molecule has 2 aromatic carbocycles. The third-order valence-electron chi connectivity index (χ3n) is 3.65. The van der Waals surface area contributed by atoms with Crippen LogP contribution in [0.5, 0.6) is 5.75 Å². The second-order valence-electron chi connectivity index (χ2n) is 5.28. The summed E-state index contributed by atoms with van der Waals surface area (Å²) in [4.78, 5) is 22.9. The Bertz CT molecular complexity index is 677. The molecule has 0 bridgehead atoms. The number of carbonyl (C=O) groups is 2. The summed E-state index contributed by atoms with van der Waals surface area (Å²) < 4.78 is 5.48. The van der Waals surface area contributed by atoms with Gasteiger partial charge in [-0.2, -0.15) is 0 Å². The minimum absolute atomic E-state index is 0.0231. The zero-order valence-corrected chi connectivity index (χ0v) is 13.1. The van der Waals surface area contributed by atoms with Crippen LogP contribution < -0.4 is 4.74 Å². The molecule has 0 saturated heterocycles. The van der Waals surface area contributed by atoms with Gasteiger partial charge < -0.3 is 9.84 Å². The minimum atomic E-state index is -0.832. The average Bonchev–Trinajstić information content (AvgIpc) is 2.58. The maximum Gasteiger partial charge on any atom is 0.303 e. The lowest BCUT2D eigenvalue weighted by Crippen LogP contribution is -2.04. The van der Waals surface area contributed by atoms with Crippen molar-refractivity contribution in [2.24, 2.45) is 0 Å². The lowest BCUT2D eigenvalue weighted by molar-refractivity contribution is -0.137. The number of para-hydroxylation sites is 1. The number of ether oxygens (including phenoxy) is 1. The molecule has 4 heteroatoms. The molecule has 0 aliphatic rings. The van der Waals surface area contributed by atoms with E-state index in [0.717, 1.165) is 11.1 Å². The summed E-state index contributed by atoms with van der Waals surface area (Å²) in [5.74, 6) is -0.284. The van der Waals surface area contributed by atoms with Gasteiger partial charge in [0.1, 0.15) is 5.75 Å². The van der Waals surface area contributed by atoms with Crippen molar-refractivity contribution in [1.29, 1.82) is 0 Å². The van der Waals surface area contributed by atoms with Gasteiger partial charge in [-0.3, -0.25) is 9.59 Å². The zero-order chi connectivity index (χ0) is 16.7. The lowest BCUT2D eigenvalue weighted by atomic mass is 9.97. The lowest BCUT2D eigenvalue weighted by Gasteiger charge is -2.13. The maximum absolute atomic E-state index is 12.4. The van der Waals surface area contributed by atoms with Gasteiger partial charge >= 0.3 is 5.97 Å². The second-order valence-corrected chi connectivity index (χ2v) is 5.28.